The van der Waals surface area contributed by atoms with Crippen LogP contribution in [0.4, 0.5) is 0 Å². The molecule has 2 saturated carbocycles. The lowest BCUT2D eigenvalue weighted by atomic mass is 9.70. The third kappa shape index (κ3) is 2.39. The Kier molecular flexibility index (Phi) is 3.53. The molecule has 0 aromatic heterocycles. The fourth-order valence-electron chi connectivity index (χ4n) is 4.74. The van der Waals surface area contributed by atoms with E-state index in [-0.39, 0.29) is 0 Å². The molecule has 0 heterocycles. The molecule has 1 heteroatoms. The van der Waals surface area contributed by atoms with Gasteiger partial charge in [0.1, 0.15) is 0 Å². The Bertz CT molecular complexity index is 312. The van der Waals surface area contributed by atoms with E-state index in [1.54, 1.807) is 0 Å². The van der Waals surface area contributed by atoms with Gasteiger partial charge >= 0.3 is 0 Å². The molecule has 3 aliphatic rings. The van der Waals surface area contributed by atoms with Crippen LogP contribution < -0.4 is 5.32 Å². The lowest BCUT2D eigenvalue weighted by Crippen LogP contribution is -2.51. The van der Waals surface area contributed by atoms with Gasteiger partial charge in [-0.3, -0.25) is 0 Å². The van der Waals surface area contributed by atoms with E-state index in [0.29, 0.717) is 5.41 Å². The maximum atomic E-state index is 3.93. The minimum Gasteiger partial charge on any atom is -0.313 e. The van der Waals surface area contributed by atoms with Gasteiger partial charge < -0.3 is 5.32 Å². The number of allylic oxidation sites excluding steroid dienone is 1. The lowest BCUT2D eigenvalue weighted by molar-refractivity contribution is 0.131. The van der Waals surface area contributed by atoms with E-state index in [9.17, 15) is 0 Å². The molecule has 0 aliphatic heterocycles. The number of hydrogen-bond donors (Lipinski definition) is 1. The molecular weight excluding hydrogens is 218 g/mol. The molecule has 0 spiro atoms. The van der Waals surface area contributed by atoms with Gasteiger partial charge in [0, 0.05) is 12.6 Å². The average molecular weight is 247 g/mol. The maximum absolute atomic E-state index is 3.93. The van der Waals surface area contributed by atoms with Crippen molar-refractivity contribution in [2.24, 2.45) is 23.2 Å². The molecule has 0 aromatic rings. The minimum absolute atomic E-state index is 0.640. The lowest BCUT2D eigenvalue weighted by Gasteiger charge is -2.43. The van der Waals surface area contributed by atoms with Crippen LogP contribution >= 0.6 is 0 Å². The van der Waals surface area contributed by atoms with Gasteiger partial charge in [0.05, 0.1) is 0 Å². The summed E-state index contributed by atoms with van der Waals surface area (Å²) < 4.78 is 0. The van der Waals surface area contributed by atoms with Crippen molar-refractivity contribution >= 4 is 0 Å². The summed E-state index contributed by atoms with van der Waals surface area (Å²) in [6, 6.07) is 0.804. The Morgan fingerprint density at radius 3 is 2.72 bits per heavy atom. The molecule has 3 atom stereocenters. The largest absolute Gasteiger partial charge is 0.313 e. The third-order valence-corrected chi connectivity index (χ3v) is 5.61. The molecule has 3 unspecified atom stereocenters. The molecular formula is C17H29N. The summed E-state index contributed by atoms with van der Waals surface area (Å²) in [5, 5.41) is 3.93. The predicted molar refractivity (Wildman–Crippen MR) is 77.5 cm³/mol. The van der Waals surface area contributed by atoms with E-state index >= 15 is 0 Å². The molecule has 3 aliphatic carbocycles. The van der Waals surface area contributed by atoms with Gasteiger partial charge in [0.25, 0.3) is 0 Å². The molecule has 18 heavy (non-hydrogen) atoms. The summed E-state index contributed by atoms with van der Waals surface area (Å²) in [4.78, 5) is 0. The van der Waals surface area contributed by atoms with Crippen LogP contribution in [0.1, 0.15) is 58.8 Å². The highest BCUT2D eigenvalue weighted by Crippen LogP contribution is 2.45. The second-order valence-electron chi connectivity index (χ2n) is 7.53. The smallest absolute Gasteiger partial charge is 0.0136 e. The van der Waals surface area contributed by atoms with Crippen molar-refractivity contribution in [3.05, 3.63) is 12.2 Å². The van der Waals surface area contributed by atoms with Crippen LogP contribution in [0.25, 0.3) is 0 Å². The van der Waals surface area contributed by atoms with Crippen LogP contribution in [0.5, 0.6) is 0 Å². The van der Waals surface area contributed by atoms with E-state index < -0.39 is 0 Å². The molecule has 0 aromatic carbocycles. The summed E-state index contributed by atoms with van der Waals surface area (Å²) >= 11 is 0. The Labute approximate surface area is 112 Å². The molecule has 2 fully saturated rings. The third-order valence-electron chi connectivity index (χ3n) is 5.61. The maximum Gasteiger partial charge on any atom is 0.0136 e. The Morgan fingerprint density at radius 1 is 1.28 bits per heavy atom. The highest BCUT2D eigenvalue weighted by atomic mass is 15.0. The zero-order valence-electron chi connectivity index (χ0n) is 12.1. The van der Waals surface area contributed by atoms with E-state index in [1.165, 1.54) is 51.5 Å². The first-order valence-electron chi connectivity index (χ1n) is 8.09. The van der Waals surface area contributed by atoms with Gasteiger partial charge in [0.15, 0.2) is 0 Å². The molecule has 1 N–H and O–H groups in total. The van der Waals surface area contributed by atoms with Crippen LogP contribution in [-0.2, 0) is 0 Å². The van der Waals surface area contributed by atoms with Crippen molar-refractivity contribution in [3.8, 4) is 0 Å². The van der Waals surface area contributed by atoms with Gasteiger partial charge in [-0.15, -0.1) is 0 Å². The molecule has 3 rings (SSSR count). The van der Waals surface area contributed by atoms with Crippen molar-refractivity contribution in [1.29, 1.82) is 0 Å². The summed E-state index contributed by atoms with van der Waals surface area (Å²) in [5.74, 6) is 2.72. The van der Waals surface area contributed by atoms with Crippen LogP contribution in [0, 0.1) is 23.2 Å². The summed E-state index contributed by atoms with van der Waals surface area (Å²) in [6.45, 7) is 6.06. The van der Waals surface area contributed by atoms with Crippen LogP contribution in [0.3, 0.4) is 0 Å². The van der Waals surface area contributed by atoms with E-state index in [1.807, 2.05) is 0 Å². The summed E-state index contributed by atoms with van der Waals surface area (Å²) in [7, 11) is 0. The fourth-order valence-corrected chi connectivity index (χ4v) is 4.74. The first-order chi connectivity index (χ1) is 8.69. The van der Waals surface area contributed by atoms with E-state index in [0.717, 1.165) is 23.8 Å². The quantitative estimate of drug-likeness (QED) is 0.720. The normalized spacial score (nSPS) is 36.9. The summed E-state index contributed by atoms with van der Waals surface area (Å²) in [5.41, 5.74) is 0.640. The topological polar surface area (TPSA) is 12.0 Å². The SMILES string of the molecule is CC(C)CC1(CNC2CC3CC=CC32)CCCC1. The highest BCUT2D eigenvalue weighted by molar-refractivity contribution is 5.13. The average Bonchev–Trinajstić information content (AvgIpc) is 2.87. The second kappa shape index (κ2) is 5.00. The first kappa shape index (κ1) is 12.7. The molecule has 0 saturated heterocycles. The second-order valence-corrected chi connectivity index (χ2v) is 7.53. The fraction of sp³-hybridized carbons (Fsp3) is 0.882. The van der Waals surface area contributed by atoms with Gasteiger partial charge in [-0.2, -0.15) is 0 Å². The van der Waals surface area contributed by atoms with Crippen molar-refractivity contribution in [2.45, 2.75) is 64.8 Å². The van der Waals surface area contributed by atoms with Crippen molar-refractivity contribution in [3.63, 3.8) is 0 Å². The monoisotopic (exact) mass is 247 g/mol. The Balaban J connectivity index is 1.52. The number of rotatable bonds is 5. The van der Waals surface area contributed by atoms with Crippen LogP contribution in [0.15, 0.2) is 12.2 Å². The van der Waals surface area contributed by atoms with Gasteiger partial charge in [-0.25, -0.2) is 0 Å². The van der Waals surface area contributed by atoms with Crippen molar-refractivity contribution in [1.82, 2.24) is 5.32 Å². The highest BCUT2D eigenvalue weighted by Gasteiger charge is 2.42. The Hall–Kier alpha value is -0.300. The minimum atomic E-state index is 0.640. The van der Waals surface area contributed by atoms with Crippen molar-refractivity contribution in [2.75, 3.05) is 6.54 Å². The number of fused-ring (bicyclic) bond motifs is 1. The first-order valence-corrected chi connectivity index (χ1v) is 8.09. The molecule has 1 nitrogen and oxygen atoms in total. The van der Waals surface area contributed by atoms with Gasteiger partial charge in [-0.1, -0.05) is 38.8 Å². The van der Waals surface area contributed by atoms with Gasteiger partial charge in [-0.05, 0) is 55.3 Å². The molecule has 0 amide bonds. The van der Waals surface area contributed by atoms with Crippen molar-refractivity contribution < 1.29 is 0 Å². The number of hydrogen-bond acceptors (Lipinski definition) is 1. The molecule has 102 valence electrons. The van der Waals surface area contributed by atoms with Gasteiger partial charge in [0.2, 0.25) is 0 Å². The van der Waals surface area contributed by atoms with Crippen LogP contribution in [-0.4, -0.2) is 12.6 Å². The zero-order chi connectivity index (χ0) is 12.6. The van der Waals surface area contributed by atoms with E-state index in [4.69, 9.17) is 0 Å². The predicted octanol–water partition coefficient (Wildman–Crippen LogP) is 4.15. The zero-order valence-corrected chi connectivity index (χ0v) is 12.1. The van der Waals surface area contributed by atoms with E-state index in [2.05, 4.69) is 31.3 Å². The standard InChI is InChI=1S/C17H29N/c1-13(2)11-17(8-3-4-9-17)12-18-16-10-14-6-5-7-15(14)16/h5,7,13-16,18H,3-4,6,8-12H2,1-2H3. The summed E-state index contributed by atoms with van der Waals surface area (Å²) in [6.07, 6.45) is 14.9. The Morgan fingerprint density at radius 2 is 2.06 bits per heavy atom. The number of nitrogens with one attached hydrogen (secondary N) is 1. The molecule has 0 bridgehead atoms. The molecule has 0 radical (unpaired) electrons. The van der Waals surface area contributed by atoms with Crippen LogP contribution in [0.2, 0.25) is 0 Å².